The fourth-order valence-corrected chi connectivity index (χ4v) is 2.47. The van der Waals surface area contributed by atoms with Gasteiger partial charge in [-0.05, 0) is 13.0 Å². The summed E-state index contributed by atoms with van der Waals surface area (Å²) in [6.45, 7) is 4.56. The lowest BCUT2D eigenvalue weighted by Crippen LogP contribution is -2.46. The van der Waals surface area contributed by atoms with E-state index in [1.165, 1.54) is 64.2 Å². The largest absolute Gasteiger partial charge is 0.363 e. The second-order valence-corrected chi connectivity index (χ2v) is 6.07. The molecule has 0 amide bonds. The second kappa shape index (κ2) is 12.2. The van der Waals surface area contributed by atoms with E-state index >= 15 is 0 Å². The molecule has 1 rings (SSSR count). The molecule has 0 aromatic carbocycles. The van der Waals surface area contributed by atoms with E-state index in [0.29, 0.717) is 6.54 Å². The quantitative estimate of drug-likeness (QED) is 0.151. The summed E-state index contributed by atoms with van der Waals surface area (Å²) >= 11 is 0. The minimum absolute atomic E-state index is 0.565. The zero-order chi connectivity index (χ0) is 16.1. The molecule has 0 unspecified atom stereocenters. The predicted octanol–water partition coefficient (Wildman–Crippen LogP) is 2.01. The lowest BCUT2D eigenvalue weighted by Gasteiger charge is -2.11. The van der Waals surface area contributed by atoms with Crippen LogP contribution in [0.1, 0.15) is 71.1 Å². The van der Waals surface area contributed by atoms with Crippen molar-refractivity contribution in [3.05, 3.63) is 0 Å². The van der Waals surface area contributed by atoms with E-state index in [9.17, 15) is 0 Å². The maximum absolute atomic E-state index is 8.97. The molecule has 1 heterocycles. The Morgan fingerprint density at radius 3 is 1.82 bits per heavy atom. The average molecular weight is 318 g/mol. The number of hydrogen-bond donors (Lipinski definition) is 4. The van der Waals surface area contributed by atoms with Gasteiger partial charge in [0.15, 0.2) is 0 Å². The highest BCUT2D eigenvalue weighted by atomic mass is 17.4. The molecule has 1 aliphatic rings. The molecule has 0 radical (unpaired) electrons. The van der Waals surface area contributed by atoms with Crippen molar-refractivity contribution >= 4 is 0 Å². The number of rotatable bonds is 16. The molecule has 1 saturated heterocycles. The Kier molecular flexibility index (Phi) is 11.0. The number of unbranched alkanes of at least 4 members (excludes halogenated alkanes) is 9. The first-order valence-corrected chi connectivity index (χ1v) is 8.90. The summed E-state index contributed by atoms with van der Waals surface area (Å²) < 4.78 is 0. The van der Waals surface area contributed by atoms with Crippen molar-refractivity contribution in [3.63, 3.8) is 0 Å². The predicted molar refractivity (Wildman–Crippen MR) is 85.8 cm³/mol. The van der Waals surface area contributed by atoms with Crippen LogP contribution in [0.3, 0.4) is 0 Å². The molecule has 22 heavy (non-hydrogen) atoms. The van der Waals surface area contributed by atoms with E-state index in [2.05, 4.69) is 27.3 Å². The Morgan fingerprint density at radius 2 is 1.32 bits per heavy atom. The van der Waals surface area contributed by atoms with E-state index in [1.807, 2.05) is 0 Å². The highest BCUT2D eigenvalue weighted by Crippen LogP contribution is 2.28. The summed E-state index contributed by atoms with van der Waals surface area (Å²) in [6, 6.07) is 0. The molecule has 132 valence electrons. The summed E-state index contributed by atoms with van der Waals surface area (Å²) in [7, 11) is 0. The molecule has 0 bridgehead atoms. The molecule has 0 aliphatic carbocycles. The molecule has 6 nitrogen and oxygen atoms in total. The third-order valence-corrected chi connectivity index (χ3v) is 3.98. The van der Waals surface area contributed by atoms with Crippen LogP contribution in [0.25, 0.3) is 0 Å². The molecule has 1 fully saturated rings. The first-order chi connectivity index (χ1) is 10.7. The molecule has 0 aromatic rings. The minimum atomic E-state index is -1.66. The maximum Gasteiger partial charge on any atom is 0.337 e. The van der Waals surface area contributed by atoms with Gasteiger partial charge in [-0.15, -0.1) is 0 Å². The van der Waals surface area contributed by atoms with Crippen molar-refractivity contribution in [2.75, 3.05) is 19.6 Å². The van der Waals surface area contributed by atoms with Crippen molar-refractivity contribution in [2.24, 2.45) is 0 Å². The van der Waals surface area contributed by atoms with Crippen molar-refractivity contribution < 1.29 is 20.0 Å². The van der Waals surface area contributed by atoms with E-state index in [-0.39, 0.29) is 0 Å². The van der Waals surface area contributed by atoms with Gasteiger partial charge in [0, 0.05) is 13.1 Å². The van der Waals surface area contributed by atoms with Crippen LogP contribution < -0.4 is 10.6 Å². The second-order valence-electron chi connectivity index (χ2n) is 6.07. The molecule has 6 heteroatoms. The summed E-state index contributed by atoms with van der Waals surface area (Å²) in [6.07, 6.45) is 11.8. The molecule has 1 aliphatic heterocycles. The van der Waals surface area contributed by atoms with Crippen LogP contribution in [0, 0.1) is 0 Å². The van der Waals surface area contributed by atoms with Crippen molar-refractivity contribution in [1.82, 2.24) is 10.6 Å². The van der Waals surface area contributed by atoms with Gasteiger partial charge in [0.2, 0.25) is 6.29 Å². The topological polar surface area (TPSA) is 89.6 Å². The van der Waals surface area contributed by atoms with Crippen LogP contribution in [0.4, 0.5) is 0 Å². The Bertz CT molecular complexity index is 261. The van der Waals surface area contributed by atoms with E-state index in [0.717, 1.165) is 13.1 Å². The zero-order valence-electron chi connectivity index (χ0n) is 14.0. The Balaban J connectivity index is 1.72. The van der Waals surface area contributed by atoms with Gasteiger partial charge in [0.1, 0.15) is 0 Å². The third kappa shape index (κ3) is 9.02. The van der Waals surface area contributed by atoms with E-state index < -0.39 is 12.2 Å². The molecule has 0 atom stereocenters. The highest BCUT2D eigenvalue weighted by Gasteiger charge is 2.55. The van der Waals surface area contributed by atoms with Gasteiger partial charge in [-0.1, -0.05) is 64.7 Å². The van der Waals surface area contributed by atoms with Gasteiger partial charge in [-0.2, -0.15) is 9.78 Å². The van der Waals surface area contributed by atoms with Crippen LogP contribution in [0.15, 0.2) is 0 Å². The van der Waals surface area contributed by atoms with Gasteiger partial charge in [0.25, 0.3) is 0 Å². The number of aliphatic hydroxyl groups is 2. The van der Waals surface area contributed by atoms with Gasteiger partial charge in [0.05, 0.1) is 0 Å². The van der Waals surface area contributed by atoms with Crippen LogP contribution in [-0.2, 0) is 9.78 Å². The van der Waals surface area contributed by atoms with E-state index in [4.69, 9.17) is 10.2 Å². The zero-order valence-corrected chi connectivity index (χ0v) is 14.0. The molecular formula is C16H34N2O4. The number of hydrogen-bond acceptors (Lipinski definition) is 6. The molecule has 4 N–H and O–H groups in total. The lowest BCUT2D eigenvalue weighted by molar-refractivity contribution is -0.113. The Labute approximate surface area is 134 Å². The summed E-state index contributed by atoms with van der Waals surface area (Å²) in [5.74, 6) is -1.39. The van der Waals surface area contributed by atoms with Gasteiger partial charge in [-0.25, -0.2) is 0 Å². The Morgan fingerprint density at radius 1 is 0.773 bits per heavy atom. The van der Waals surface area contributed by atoms with Crippen molar-refractivity contribution in [2.45, 2.75) is 83.3 Å². The average Bonchev–Trinajstić information content (AvgIpc) is 3.29. The smallest absolute Gasteiger partial charge is 0.337 e. The fraction of sp³-hybridized carbons (Fsp3) is 1.00. The number of nitrogens with one attached hydrogen (secondary N) is 2. The van der Waals surface area contributed by atoms with Crippen molar-refractivity contribution in [1.29, 1.82) is 0 Å². The van der Waals surface area contributed by atoms with Gasteiger partial charge >= 0.3 is 5.91 Å². The van der Waals surface area contributed by atoms with Crippen LogP contribution in [0.5, 0.6) is 0 Å². The van der Waals surface area contributed by atoms with Crippen molar-refractivity contribution in [3.8, 4) is 0 Å². The molecule has 0 aromatic heterocycles. The normalized spacial score (nSPS) is 16.4. The van der Waals surface area contributed by atoms with Crippen LogP contribution in [0.2, 0.25) is 0 Å². The van der Waals surface area contributed by atoms with Gasteiger partial charge < -0.3 is 15.5 Å². The monoisotopic (exact) mass is 318 g/mol. The third-order valence-electron chi connectivity index (χ3n) is 3.98. The van der Waals surface area contributed by atoms with Crippen LogP contribution >= 0.6 is 0 Å². The maximum atomic E-state index is 8.97. The van der Waals surface area contributed by atoms with Gasteiger partial charge in [-0.3, -0.25) is 5.32 Å². The fourth-order valence-electron chi connectivity index (χ4n) is 2.47. The standard InChI is InChI=1S/C16H34N2O4/c1-2-3-4-5-6-7-8-9-10-11-12-17-13-14-18-16(15(19)20)21-22-16/h15,17-20H,2-14H2,1H3. The number of aliphatic hydroxyl groups excluding tert-OH is 1. The highest BCUT2D eigenvalue weighted by molar-refractivity contribution is 4.73. The first-order valence-electron chi connectivity index (χ1n) is 8.90. The summed E-state index contributed by atoms with van der Waals surface area (Å²) in [4.78, 5) is 9.06. The molecular weight excluding hydrogens is 284 g/mol. The SMILES string of the molecule is CCCCCCCCCCCCNCCNC1(C(O)O)OO1. The Hall–Kier alpha value is -0.240. The first kappa shape index (κ1) is 19.8. The van der Waals surface area contributed by atoms with E-state index in [1.54, 1.807) is 0 Å². The molecule has 0 spiro atoms. The molecule has 0 saturated carbocycles. The summed E-state index contributed by atoms with van der Waals surface area (Å²) in [5.41, 5.74) is 0. The lowest BCUT2D eigenvalue weighted by atomic mass is 10.1. The van der Waals surface area contributed by atoms with Crippen LogP contribution in [-0.4, -0.2) is 42.0 Å². The minimum Gasteiger partial charge on any atom is -0.363 e. The summed E-state index contributed by atoms with van der Waals surface area (Å²) in [5, 5.41) is 24.1.